The Morgan fingerprint density at radius 3 is 2.55 bits per heavy atom. The molecule has 0 saturated carbocycles. The summed E-state index contributed by atoms with van der Waals surface area (Å²) in [6.07, 6.45) is 7.25. The second-order valence-electron chi connectivity index (χ2n) is 9.15. The summed E-state index contributed by atoms with van der Waals surface area (Å²) in [6, 6.07) is 12.3. The Balaban J connectivity index is 1.21. The summed E-state index contributed by atoms with van der Waals surface area (Å²) >= 11 is 0. The van der Waals surface area contributed by atoms with Crippen molar-refractivity contribution >= 4 is 29.0 Å². The molecular formula is C27H29FN8O2. The highest BCUT2D eigenvalue weighted by molar-refractivity contribution is 6.04. The topological polar surface area (TPSA) is 109 Å². The van der Waals surface area contributed by atoms with Crippen LogP contribution in [0.5, 0.6) is 0 Å². The number of benzene rings is 2. The van der Waals surface area contributed by atoms with Crippen LogP contribution in [0.1, 0.15) is 28.9 Å². The Morgan fingerprint density at radius 2 is 1.74 bits per heavy atom. The van der Waals surface area contributed by atoms with Gasteiger partial charge in [0.05, 0.1) is 53.6 Å². The Labute approximate surface area is 219 Å². The van der Waals surface area contributed by atoms with Crippen LogP contribution in [0.4, 0.5) is 26.2 Å². The average molecular weight is 517 g/mol. The summed E-state index contributed by atoms with van der Waals surface area (Å²) in [5.41, 5.74) is 3.15. The van der Waals surface area contributed by atoms with Crippen LogP contribution < -0.4 is 16.0 Å². The van der Waals surface area contributed by atoms with Gasteiger partial charge in [0.2, 0.25) is 0 Å². The molecule has 3 amide bonds. The van der Waals surface area contributed by atoms with E-state index in [1.165, 1.54) is 35.9 Å². The van der Waals surface area contributed by atoms with Crippen LogP contribution in [0, 0.1) is 12.7 Å². The molecule has 2 aromatic heterocycles. The Morgan fingerprint density at radius 1 is 0.921 bits per heavy atom. The van der Waals surface area contributed by atoms with Crippen LogP contribution in [-0.4, -0.2) is 56.0 Å². The second-order valence-corrected chi connectivity index (χ2v) is 9.15. The molecule has 4 aromatic rings. The quantitative estimate of drug-likeness (QED) is 0.319. The number of likely N-dealkylation sites (tertiary alicyclic amines) is 1. The van der Waals surface area contributed by atoms with Crippen LogP contribution in [0.3, 0.4) is 0 Å². The van der Waals surface area contributed by atoms with E-state index in [2.05, 4.69) is 31.0 Å². The van der Waals surface area contributed by atoms with Gasteiger partial charge in [-0.25, -0.2) is 13.9 Å². The van der Waals surface area contributed by atoms with E-state index in [0.717, 1.165) is 31.9 Å². The molecule has 196 valence electrons. The van der Waals surface area contributed by atoms with Crippen molar-refractivity contribution < 1.29 is 14.0 Å². The normalized spacial score (nSPS) is 13.4. The second kappa shape index (κ2) is 11.3. The highest BCUT2D eigenvalue weighted by Crippen LogP contribution is 2.19. The Bertz CT molecular complexity index is 1440. The molecule has 3 N–H and O–H groups in total. The minimum Gasteiger partial charge on any atom is -0.319 e. The number of carbonyl (C=O) groups excluding carboxylic acids is 2. The van der Waals surface area contributed by atoms with Gasteiger partial charge in [-0.1, -0.05) is 18.2 Å². The molecule has 0 spiro atoms. The van der Waals surface area contributed by atoms with Crippen LogP contribution in [0.25, 0.3) is 5.69 Å². The van der Waals surface area contributed by atoms with Crippen molar-refractivity contribution in [2.75, 3.05) is 35.6 Å². The molecule has 5 rings (SSSR count). The maximum atomic E-state index is 13.8. The molecule has 1 aliphatic heterocycles. The molecule has 11 heteroatoms. The van der Waals surface area contributed by atoms with Gasteiger partial charge >= 0.3 is 6.03 Å². The number of nitrogens with one attached hydrogen (secondary N) is 3. The number of aromatic nitrogens is 4. The Hall–Kier alpha value is -4.51. The average Bonchev–Trinajstić information content (AvgIpc) is 3.67. The zero-order valence-corrected chi connectivity index (χ0v) is 21.0. The van der Waals surface area contributed by atoms with Crippen molar-refractivity contribution in [2.24, 2.45) is 0 Å². The first-order chi connectivity index (χ1) is 18.5. The molecule has 0 radical (unpaired) electrons. The predicted molar refractivity (Wildman–Crippen MR) is 143 cm³/mol. The number of hydrogen-bond donors (Lipinski definition) is 3. The van der Waals surface area contributed by atoms with E-state index in [-0.39, 0.29) is 11.6 Å². The molecule has 2 aromatic carbocycles. The first-order valence-electron chi connectivity index (χ1n) is 12.5. The minimum absolute atomic E-state index is 0.0727. The van der Waals surface area contributed by atoms with E-state index in [4.69, 9.17) is 0 Å². The number of nitrogens with zero attached hydrogens (tertiary/aromatic N) is 5. The van der Waals surface area contributed by atoms with Crippen molar-refractivity contribution in [3.8, 4) is 5.69 Å². The van der Waals surface area contributed by atoms with E-state index in [1.54, 1.807) is 48.8 Å². The van der Waals surface area contributed by atoms with E-state index in [1.807, 2.05) is 11.6 Å². The molecule has 3 heterocycles. The predicted octanol–water partition coefficient (Wildman–Crippen LogP) is 4.51. The van der Waals surface area contributed by atoms with Crippen LogP contribution in [0.2, 0.25) is 0 Å². The summed E-state index contributed by atoms with van der Waals surface area (Å²) in [5, 5.41) is 16.7. The zero-order valence-electron chi connectivity index (χ0n) is 21.0. The first kappa shape index (κ1) is 25.2. The maximum Gasteiger partial charge on any atom is 0.323 e. The van der Waals surface area contributed by atoms with Crippen molar-refractivity contribution in [3.63, 3.8) is 0 Å². The van der Waals surface area contributed by atoms with Gasteiger partial charge < -0.3 is 20.9 Å². The number of carbonyl (C=O) groups is 2. The molecule has 38 heavy (non-hydrogen) atoms. The lowest BCUT2D eigenvalue weighted by Crippen LogP contribution is -2.24. The number of halogens is 1. The maximum absolute atomic E-state index is 13.8. The molecule has 1 fully saturated rings. The number of anilines is 3. The number of urea groups is 1. The third kappa shape index (κ3) is 5.89. The number of amides is 3. The third-order valence-corrected chi connectivity index (χ3v) is 6.51. The largest absolute Gasteiger partial charge is 0.323 e. The lowest BCUT2D eigenvalue weighted by Gasteiger charge is -2.15. The molecule has 0 bridgehead atoms. The molecule has 0 aliphatic carbocycles. The highest BCUT2D eigenvalue weighted by Gasteiger charge is 2.15. The first-order valence-corrected chi connectivity index (χ1v) is 12.5. The lowest BCUT2D eigenvalue weighted by atomic mass is 10.2. The third-order valence-electron chi connectivity index (χ3n) is 6.51. The molecule has 0 unspecified atom stereocenters. The van der Waals surface area contributed by atoms with Gasteiger partial charge in [-0.3, -0.25) is 9.48 Å². The van der Waals surface area contributed by atoms with Crippen LogP contribution >= 0.6 is 0 Å². The lowest BCUT2D eigenvalue weighted by molar-refractivity contribution is 0.102. The van der Waals surface area contributed by atoms with Crippen molar-refractivity contribution in [3.05, 3.63) is 84.2 Å². The summed E-state index contributed by atoms with van der Waals surface area (Å²) in [5.74, 6) is -0.790. The standard InChI is InChI=1S/C27H29FN8O2/c1-19-25(17-30-35(19)14-13-34-11-4-5-12-34)32-26(37)20-7-6-8-22(15-20)36-18-21(16-29-36)31-27(38)33-24-10-3-2-9-23(24)28/h2-3,6-10,15-18H,4-5,11-14H2,1H3,(H,32,37)(H2,31,33,38). The number of hydrogen-bond acceptors (Lipinski definition) is 5. The van der Waals surface area contributed by atoms with Gasteiger partial charge in [-0.2, -0.15) is 10.2 Å². The molecular weight excluding hydrogens is 487 g/mol. The van der Waals surface area contributed by atoms with Crippen LogP contribution in [-0.2, 0) is 6.54 Å². The van der Waals surface area contributed by atoms with E-state index < -0.39 is 11.8 Å². The van der Waals surface area contributed by atoms with E-state index >= 15 is 0 Å². The fourth-order valence-electron chi connectivity index (χ4n) is 4.40. The smallest absolute Gasteiger partial charge is 0.319 e. The molecule has 0 atom stereocenters. The minimum atomic E-state index is -0.598. The molecule has 10 nitrogen and oxygen atoms in total. The fraction of sp³-hybridized carbons (Fsp3) is 0.259. The van der Waals surface area contributed by atoms with E-state index in [0.29, 0.717) is 22.6 Å². The summed E-state index contributed by atoms with van der Waals surface area (Å²) in [7, 11) is 0. The molecule has 1 saturated heterocycles. The van der Waals surface area contributed by atoms with Crippen molar-refractivity contribution in [2.45, 2.75) is 26.3 Å². The van der Waals surface area contributed by atoms with Gasteiger partial charge in [0.1, 0.15) is 5.82 Å². The summed E-state index contributed by atoms with van der Waals surface area (Å²) < 4.78 is 17.2. The Kier molecular flexibility index (Phi) is 7.45. The van der Waals surface area contributed by atoms with Crippen LogP contribution in [0.15, 0.2) is 67.1 Å². The van der Waals surface area contributed by atoms with Gasteiger partial charge in [0, 0.05) is 12.1 Å². The van der Waals surface area contributed by atoms with Crippen molar-refractivity contribution in [1.29, 1.82) is 0 Å². The monoisotopic (exact) mass is 516 g/mol. The van der Waals surface area contributed by atoms with Gasteiger partial charge in [0.25, 0.3) is 5.91 Å². The summed E-state index contributed by atoms with van der Waals surface area (Å²) in [6.45, 7) is 5.95. The summed E-state index contributed by atoms with van der Waals surface area (Å²) in [4.78, 5) is 27.7. The number of para-hydroxylation sites is 1. The van der Waals surface area contributed by atoms with Gasteiger partial charge in [-0.05, 0) is 63.2 Å². The molecule has 1 aliphatic rings. The van der Waals surface area contributed by atoms with Crippen molar-refractivity contribution in [1.82, 2.24) is 24.5 Å². The van der Waals surface area contributed by atoms with E-state index in [9.17, 15) is 14.0 Å². The fourth-order valence-corrected chi connectivity index (χ4v) is 4.40. The SMILES string of the molecule is Cc1c(NC(=O)c2cccc(-n3cc(NC(=O)Nc4ccccc4F)cn3)c2)cnn1CCN1CCCC1. The van der Waals surface area contributed by atoms with Gasteiger partial charge in [0.15, 0.2) is 0 Å². The van der Waals surface area contributed by atoms with Gasteiger partial charge in [-0.15, -0.1) is 0 Å². The highest BCUT2D eigenvalue weighted by atomic mass is 19.1. The number of rotatable bonds is 8. The zero-order chi connectivity index (χ0) is 26.5.